The molecular weight excluding hydrogens is 324 g/mol. The fourth-order valence-corrected chi connectivity index (χ4v) is 4.30. The zero-order valence-corrected chi connectivity index (χ0v) is 14.1. The molecule has 7 heteroatoms. The van der Waals surface area contributed by atoms with E-state index in [-0.39, 0.29) is 18.1 Å². The van der Waals surface area contributed by atoms with Crippen LogP contribution < -0.4 is 5.32 Å². The highest BCUT2D eigenvalue weighted by molar-refractivity contribution is 7.07. The molecule has 0 bridgehead atoms. The van der Waals surface area contributed by atoms with Gasteiger partial charge in [-0.05, 0) is 35.2 Å². The predicted molar refractivity (Wildman–Crippen MR) is 90.8 cm³/mol. The molecule has 6 nitrogen and oxygen atoms in total. The Morgan fingerprint density at radius 2 is 2.42 bits per heavy atom. The van der Waals surface area contributed by atoms with Crippen molar-refractivity contribution in [1.29, 1.82) is 0 Å². The number of carbonyl (C=O) groups excluding carboxylic acids is 1. The molecule has 24 heavy (non-hydrogen) atoms. The Kier molecular flexibility index (Phi) is 4.55. The van der Waals surface area contributed by atoms with Crippen LogP contribution in [0.2, 0.25) is 0 Å². The van der Waals surface area contributed by atoms with Crippen LogP contribution in [-0.2, 0) is 11.3 Å². The van der Waals surface area contributed by atoms with Crippen LogP contribution in [0.15, 0.2) is 35.4 Å². The Labute approximate surface area is 144 Å². The minimum Gasteiger partial charge on any atom is -0.374 e. The van der Waals surface area contributed by atoms with Gasteiger partial charge in [0.1, 0.15) is 5.69 Å². The molecule has 4 heterocycles. The molecule has 2 aromatic heterocycles. The molecule has 126 valence electrons. The molecule has 1 N–H and O–H groups in total. The number of nitrogens with one attached hydrogen (secondary N) is 1. The zero-order valence-electron chi connectivity index (χ0n) is 13.3. The van der Waals surface area contributed by atoms with Crippen molar-refractivity contribution in [3.05, 3.63) is 46.7 Å². The number of hydrogen-bond acceptors (Lipinski definition) is 6. The fourth-order valence-electron chi connectivity index (χ4n) is 3.64. The second-order valence-corrected chi connectivity index (χ2v) is 7.06. The van der Waals surface area contributed by atoms with E-state index in [2.05, 4.69) is 37.0 Å². The van der Waals surface area contributed by atoms with Gasteiger partial charge in [-0.25, -0.2) is 4.98 Å². The van der Waals surface area contributed by atoms with Crippen LogP contribution in [0.5, 0.6) is 0 Å². The first-order chi connectivity index (χ1) is 11.8. The highest BCUT2D eigenvalue weighted by atomic mass is 32.1. The van der Waals surface area contributed by atoms with Crippen molar-refractivity contribution in [2.45, 2.75) is 37.6 Å². The summed E-state index contributed by atoms with van der Waals surface area (Å²) in [7, 11) is 0. The predicted octanol–water partition coefficient (Wildman–Crippen LogP) is 1.70. The fraction of sp³-hybridized carbons (Fsp3) is 0.471. The van der Waals surface area contributed by atoms with Gasteiger partial charge in [0.25, 0.3) is 5.91 Å². The van der Waals surface area contributed by atoms with E-state index in [1.54, 1.807) is 17.5 Å². The van der Waals surface area contributed by atoms with Gasteiger partial charge in [0.2, 0.25) is 0 Å². The van der Waals surface area contributed by atoms with Crippen LogP contribution in [0.3, 0.4) is 0 Å². The van der Waals surface area contributed by atoms with Crippen molar-refractivity contribution < 1.29 is 9.53 Å². The van der Waals surface area contributed by atoms with Crippen molar-refractivity contribution >= 4 is 17.2 Å². The first-order valence-corrected chi connectivity index (χ1v) is 9.19. The Bertz CT molecular complexity index is 679. The van der Waals surface area contributed by atoms with Crippen molar-refractivity contribution in [1.82, 2.24) is 20.2 Å². The molecule has 0 radical (unpaired) electrons. The monoisotopic (exact) mass is 344 g/mol. The SMILES string of the molecule is O=C(N[C@@H]1CN(Cc2ccsc2)[C@H]2CCCO[C@@H]12)c1cnccn1. The van der Waals surface area contributed by atoms with E-state index < -0.39 is 0 Å². The Morgan fingerprint density at radius 3 is 3.21 bits per heavy atom. The van der Waals surface area contributed by atoms with Gasteiger partial charge in [-0.3, -0.25) is 14.7 Å². The Morgan fingerprint density at radius 1 is 1.46 bits per heavy atom. The zero-order chi connectivity index (χ0) is 16.4. The molecule has 2 aliphatic rings. The van der Waals surface area contributed by atoms with Crippen LogP contribution >= 0.6 is 11.3 Å². The summed E-state index contributed by atoms with van der Waals surface area (Å²) < 4.78 is 6.01. The lowest BCUT2D eigenvalue weighted by molar-refractivity contribution is -0.0211. The highest BCUT2D eigenvalue weighted by Gasteiger charge is 2.44. The molecule has 2 fully saturated rings. The number of amides is 1. The van der Waals surface area contributed by atoms with Crippen molar-refractivity contribution in [2.75, 3.05) is 13.2 Å². The number of hydrogen-bond donors (Lipinski definition) is 1. The number of aromatic nitrogens is 2. The lowest BCUT2D eigenvalue weighted by atomic mass is 10.0. The molecule has 4 rings (SSSR count). The lowest BCUT2D eigenvalue weighted by Gasteiger charge is -2.32. The number of nitrogens with zero attached hydrogens (tertiary/aromatic N) is 3. The second kappa shape index (κ2) is 6.96. The van der Waals surface area contributed by atoms with E-state index in [4.69, 9.17) is 4.74 Å². The summed E-state index contributed by atoms with van der Waals surface area (Å²) in [6, 6.07) is 2.52. The van der Waals surface area contributed by atoms with Crippen molar-refractivity contribution in [3.63, 3.8) is 0 Å². The maximum Gasteiger partial charge on any atom is 0.271 e. The number of likely N-dealkylation sites (tertiary alicyclic amines) is 1. The summed E-state index contributed by atoms with van der Waals surface area (Å²) >= 11 is 1.72. The highest BCUT2D eigenvalue weighted by Crippen LogP contribution is 2.30. The summed E-state index contributed by atoms with van der Waals surface area (Å²) in [6.45, 7) is 2.48. The molecule has 2 aliphatic heterocycles. The number of carbonyl (C=O) groups is 1. The minimum absolute atomic E-state index is 0.0107. The van der Waals surface area contributed by atoms with E-state index in [0.717, 1.165) is 32.5 Å². The Hall–Kier alpha value is -1.83. The van der Waals surface area contributed by atoms with Gasteiger partial charge in [0, 0.05) is 38.1 Å². The lowest BCUT2D eigenvalue weighted by Crippen LogP contribution is -2.47. The maximum atomic E-state index is 12.4. The molecule has 3 atom stereocenters. The number of ether oxygens (including phenoxy) is 1. The van der Waals surface area contributed by atoms with Crippen LogP contribution in [-0.4, -0.2) is 52.1 Å². The molecule has 1 amide bonds. The van der Waals surface area contributed by atoms with E-state index in [1.807, 2.05) is 0 Å². The average molecular weight is 344 g/mol. The second-order valence-electron chi connectivity index (χ2n) is 6.28. The quantitative estimate of drug-likeness (QED) is 0.914. The smallest absolute Gasteiger partial charge is 0.271 e. The molecule has 0 spiro atoms. The van der Waals surface area contributed by atoms with Gasteiger partial charge in [-0.15, -0.1) is 0 Å². The van der Waals surface area contributed by atoms with E-state index in [9.17, 15) is 4.79 Å². The summed E-state index contributed by atoms with van der Waals surface area (Å²) in [5, 5.41) is 7.39. The van der Waals surface area contributed by atoms with Crippen molar-refractivity contribution in [2.24, 2.45) is 0 Å². The third kappa shape index (κ3) is 3.19. The normalized spacial score (nSPS) is 26.9. The van der Waals surface area contributed by atoms with Gasteiger partial charge in [0.05, 0.1) is 18.3 Å². The molecule has 0 aromatic carbocycles. The number of thiophene rings is 1. The van der Waals surface area contributed by atoms with Gasteiger partial charge >= 0.3 is 0 Å². The molecule has 2 saturated heterocycles. The third-order valence-electron chi connectivity index (χ3n) is 4.71. The summed E-state index contributed by atoms with van der Waals surface area (Å²) in [6.07, 6.45) is 6.84. The Balaban J connectivity index is 1.47. The molecule has 0 aliphatic carbocycles. The van der Waals surface area contributed by atoms with Crippen molar-refractivity contribution in [3.8, 4) is 0 Å². The summed E-state index contributed by atoms with van der Waals surface area (Å²) in [5.41, 5.74) is 1.67. The summed E-state index contributed by atoms with van der Waals surface area (Å²) in [5.74, 6) is -0.182. The van der Waals surface area contributed by atoms with Crippen LogP contribution in [0.1, 0.15) is 28.9 Å². The van der Waals surface area contributed by atoms with Gasteiger partial charge < -0.3 is 10.1 Å². The molecular formula is C17H20N4O2S. The number of rotatable bonds is 4. The standard InChI is InChI=1S/C17H20N4O2S/c22-17(13-8-18-4-5-19-13)20-14-10-21(9-12-3-7-24-11-12)15-2-1-6-23-16(14)15/h3-5,7-8,11,14-16H,1-2,6,9-10H2,(H,20,22)/t14-,15+,16+/m1/s1. The largest absolute Gasteiger partial charge is 0.374 e. The van der Waals surface area contributed by atoms with E-state index >= 15 is 0 Å². The first kappa shape index (κ1) is 15.7. The molecule has 0 unspecified atom stereocenters. The van der Waals surface area contributed by atoms with E-state index in [1.165, 1.54) is 18.0 Å². The molecule has 0 saturated carbocycles. The molecule has 2 aromatic rings. The minimum atomic E-state index is -0.182. The third-order valence-corrected chi connectivity index (χ3v) is 5.44. The van der Waals surface area contributed by atoms with Crippen LogP contribution in [0.25, 0.3) is 0 Å². The maximum absolute atomic E-state index is 12.4. The van der Waals surface area contributed by atoms with Gasteiger partial charge in [0.15, 0.2) is 0 Å². The summed E-state index contributed by atoms with van der Waals surface area (Å²) in [4.78, 5) is 22.9. The van der Waals surface area contributed by atoms with Crippen LogP contribution in [0, 0.1) is 0 Å². The number of fused-ring (bicyclic) bond motifs is 1. The van der Waals surface area contributed by atoms with Gasteiger partial charge in [-0.2, -0.15) is 11.3 Å². The average Bonchev–Trinajstić information content (AvgIpc) is 3.25. The van der Waals surface area contributed by atoms with E-state index in [0.29, 0.717) is 11.7 Å². The van der Waals surface area contributed by atoms with Gasteiger partial charge in [-0.1, -0.05) is 0 Å². The first-order valence-electron chi connectivity index (χ1n) is 8.25. The van der Waals surface area contributed by atoms with Crippen LogP contribution in [0.4, 0.5) is 0 Å². The topological polar surface area (TPSA) is 67.4 Å².